The third kappa shape index (κ3) is 5.41. The molecule has 11 rings (SSSR count). The molecular formula is C52H36N2OS. The minimum Gasteiger partial charge on any atom is -0.455 e. The lowest BCUT2D eigenvalue weighted by atomic mass is 10.0. The molecule has 0 N–H and O–H groups in total. The average Bonchev–Trinajstić information content (AvgIpc) is 3.79. The van der Waals surface area contributed by atoms with Crippen molar-refractivity contribution < 1.29 is 4.42 Å². The molecule has 3 nitrogen and oxygen atoms in total. The predicted octanol–water partition coefficient (Wildman–Crippen LogP) is 15.8. The van der Waals surface area contributed by atoms with Gasteiger partial charge in [-0.15, -0.1) is 11.3 Å². The molecule has 0 aliphatic heterocycles. The summed E-state index contributed by atoms with van der Waals surface area (Å²) in [6.45, 7) is 4.26. The number of hydrogen-bond donors (Lipinski definition) is 0. The standard InChI is InChI=1S/C52H36N2OS/c1-33-13-19-41(20-14-33)53(39-9-5-3-6-10-39)43-23-17-35-29-47-45-25-26-46-48-30-36-18-24-44(54(40-11-7-4-8-12-40)42-21-15-34(2)16-22-42)28-38(36)32-50(48)56-52(46)51(45)55-49(47)31-37(35)27-43/h3-32H,1-2H3. The molecule has 0 aliphatic carbocycles. The van der Waals surface area contributed by atoms with Crippen LogP contribution in [0.25, 0.3) is 63.7 Å². The van der Waals surface area contributed by atoms with E-state index in [9.17, 15) is 0 Å². The second-order valence-corrected chi connectivity index (χ2v) is 15.8. The van der Waals surface area contributed by atoms with Gasteiger partial charge in [0.25, 0.3) is 0 Å². The summed E-state index contributed by atoms with van der Waals surface area (Å²) < 4.78 is 9.28. The lowest BCUT2D eigenvalue weighted by Crippen LogP contribution is -2.09. The van der Waals surface area contributed by atoms with Crippen LogP contribution < -0.4 is 9.80 Å². The lowest BCUT2D eigenvalue weighted by molar-refractivity contribution is 0.674. The molecule has 9 aromatic carbocycles. The van der Waals surface area contributed by atoms with E-state index in [1.165, 1.54) is 47.5 Å². The fraction of sp³-hybridized carbons (Fsp3) is 0.0385. The van der Waals surface area contributed by atoms with Crippen molar-refractivity contribution in [2.45, 2.75) is 13.8 Å². The van der Waals surface area contributed by atoms with Crippen molar-refractivity contribution >= 4 is 109 Å². The molecule has 56 heavy (non-hydrogen) atoms. The maximum Gasteiger partial charge on any atom is 0.153 e. The van der Waals surface area contributed by atoms with Crippen LogP contribution in [0.3, 0.4) is 0 Å². The van der Waals surface area contributed by atoms with Gasteiger partial charge in [0.05, 0.1) is 4.70 Å². The highest BCUT2D eigenvalue weighted by molar-refractivity contribution is 7.26. The van der Waals surface area contributed by atoms with Crippen molar-refractivity contribution in [2.24, 2.45) is 0 Å². The molecule has 4 heteroatoms. The van der Waals surface area contributed by atoms with E-state index in [2.05, 4.69) is 206 Å². The molecule has 0 unspecified atom stereocenters. The number of thiophene rings is 1. The number of fused-ring (bicyclic) bond motifs is 9. The second kappa shape index (κ2) is 12.9. The van der Waals surface area contributed by atoms with Gasteiger partial charge in [-0.3, -0.25) is 0 Å². The van der Waals surface area contributed by atoms with Crippen LogP contribution in [-0.2, 0) is 0 Å². The van der Waals surface area contributed by atoms with E-state index in [0.717, 1.165) is 61.4 Å². The monoisotopic (exact) mass is 736 g/mol. The topological polar surface area (TPSA) is 19.6 Å². The van der Waals surface area contributed by atoms with Crippen LogP contribution in [0.1, 0.15) is 11.1 Å². The van der Waals surface area contributed by atoms with Crippen molar-refractivity contribution in [3.8, 4) is 0 Å². The van der Waals surface area contributed by atoms with Gasteiger partial charge in [0, 0.05) is 60.4 Å². The Morgan fingerprint density at radius 3 is 1.43 bits per heavy atom. The van der Waals surface area contributed by atoms with Crippen LogP contribution in [0.4, 0.5) is 34.1 Å². The Morgan fingerprint density at radius 2 is 0.857 bits per heavy atom. The predicted molar refractivity (Wildman–Crippen MR) is 240 cm³/mol. The van der Waals surface area contributed by atoms with Gasteiger partial charge in [0.1, 0.15) is 5.58 Å². The number of benzene rings is 9. The number of hydrogen-bond acceptors (Lipinski definition) is 4. The maximum atomic E-state index is 6.83. The van der Waals surface area contributed by atoms with Crippen molar-refractivity contribution in [3.05, 3.63) is 193 Å². The summed E-state index contributed by atoms with van der Waals surface area (Å²) in [4.78, 5) is 4.65. The molecule has 0 bridgehead atoms. The van der Waals surface area contributed by atoms with E-state index >= 15 is 0 Å². The van der Waals surface area contributed by atoms with Crippen LogP contribution in [0.2, 0.25) is 0 Å². The van der Waals surface area contributed by atoms with Gasteiger partial charge in [-0.25, -0.2) is 0 Å². The molecule has 0 spiro atoms. The van der Waals surface area contributed by atoms with Gasteiger partial charge >= 0.3 is 0 Å². The van der Waals surface area contributed by atoms with E-state index < -0.39 is 0 Å². The smallest absolute Gasteiger partial charge is 0.153 e. The minimum atomic E-state index is 0.906. The summed E-state index contributed by atoms with van der Waals surface area (Å²) in [7, 11) is 0. The zero-order valence-corrected chi connectivity index (χ0v) is 31.8. The molecule has 2 heterocycles. The van der Waals surface area contributed by atoms with Crippen molar-refractivity contribution in [3.63, 3.8) is 0 Å². The Labute approximate surface area is 328 Å². The molecule has 0 saturated carbocycles. The Bertz CT molecular complexity index is 3030. The van der Waals surface area contributed by atoms with Gasteiger partial charge in [-0.1, -0.05) is 90.0 Å². The first kappa shape index (κ1) is 32.5. The van der Waals surface area contributed by atoms with Gasteiger partial charge in [-0.2, -0.15) is 0 Å². The number of anilines is 6. The number of nitrogens with zero attached hydrogens (tertiary/aromatic N) is 2. The maximum absolute atomic E-state index is 6.83. The van der Waals surface area contributed by atoms with Crippen molar-refractivity contribution in [1.82, 2.24) is 0 Å². The number of rotatable bonds is 6. The van der Waals surface area contributed by atoms with E-state index in [-0.39, 0.29) is 0 Å². The SMILES string of the molecule is Cc1ccc(N(c2ccccc2)c2ccc3cc4c(cc3c2)oc2c4ccc3c4cc5ccc(N(c6ccccc6)c6ccc(C)cc6)cc5cc4sc32)cc1. The van der Waals surface area contributed by atoms with Gasteiger partial charge in [0.15, 0.2) is 5.58 Å². The zero-order chi connectivity index (χ0) is 37.3. The second-order valence-electron chi connectivity index (χ2n) is 14.8. The molecule has 0 amide bonds. The average molecular weight is 737 g/mol. The highest BCUT2D eigenvalue weighted by Crippen LogP contribution is 2.45. The molecule has 0 atom stereocenters. The van der Waals surface area contributed by atoms with E-state index in [0.29, 0.717) is 0 Å². The van der Waals surface area contributed by atoms with Crippen LogP contribution in [0.5, 0.6) is 0 Å². The lowest BCUT2D eigenvalue weighted by Gasteiger charge is -2.26. The van der Waals surface area contributed by atoms with Crippen LogP contribution >= 0.6 is 11.3 Å². The third-order valence-corrected chi connectivity index (χ3v) is 12.3. The summed E-state index contributed by atoms with van der Waals surface area (Å²) in [6, 6.07) is 66.0. The van der Waals surface area contributed by atoms with E-state index in [4.69, 9.17) is 4.42 Å². The molecule has 0 aliphatic rings. The Hall–Kier alpha value is -6.88. The first-order chi connectivity index (χ1) is 27.5. The van der Waals surface area contributed by atoms with Crippen LogP contribution in [0, 0.1) is 13.8 Å². The summed E-state index contributed by atoms with van der Waals surface area (Å²) in [6.07, 6.45) is 0. The minimum absolute atomic E-state index is 0.906. The Kier molecular flexibility index (Phi) is 7.48. The largest absolute Gasteiger partial charge is 0.455 e. The Morgan fingerprint density at radius 1 is 0.375 bits per heavy atom. The first-order valence-electron chi connectivity index (χ1n) is 19.1. The number of para-hydroxylation sites is 2. The quantitative estimate of drug-likeness (QED) is 0.169. The summed E-state index contributed by atoms with van der Waals surface area (Å²) in [5.74, 6) is 0. The molecule has 266 valence electrons. The fourth-order valence-electron chi connectivity index (χ4n) is 8.24. The van der Waals surface area contributed by atoms with Gasteiger partial charge in [0.2, 0.25) is 0 Å². The molecule has 11 aromatic rings. The highest BCUT2D eigenvalue weighted by Gasteiger charge is 2.19. The summed E-state index contributed by atoms with van der Waals surface area (Å²) in [5.41, 5.74) is 11.1. The Balaban J connectivity index is 1.03. The molecule has 2 aromatic heterocycles. The normalized spacial score (nSPS) is 11.8. The molecular weight excluding hydrogens is 701 g/mol. The molecule has 0 radical (unpaired) electrons. The van der Waals surface area contributed by atoms with Gasteiger partial charge in [-0.05, 0) is 139 Å². The van der Waals surface area contributed by atoms with Gasteiger partial charge < -0.3 is 14.2 Å². The van der Waals surface area contributed by atoms with Crippen molar-refractivity contribution in [2.75, 3.05) is 9.80 Å². The first-order valence-corrected chi connectivity index (χ1v) is 19.9. The summed E-state index contributed by atoms with van der Waals surface area (Å²) in [5, 5.41) is 9.56. The van der Waals surface area contributed by atoms with E-state index in [1.54, 1.807) is 0 Å². The van der Waals surface area contributed by atoms with E-state index in [1.807, 2.05) is 11.3 Å². The fourth-order valence-corrected chi connectivity index (χ4v) is 9.46. The van der Waals surface area contributed by atoms with Crippen molar-refractivity contribution in [1.29, 1.82) is 0 Å². The molecule has 0 saturated heterocycles. The number of aryl methyl sites for hydroxylation is 2. The molecule has 0 fully saturated rings. The third-order valence-electron chi connectivity index (χ3n) is 11.1. The van der Waals surface area contributed by atoms with Crippen LogP contribution in [-0.4, -0.2) is 0 Å². The zero-order valence-electron chi connectivity index (χ0n) is 31.0. The summed E-state index contributed by atoms with van der Waals surface area (Å²) >= 11 is 1.82. The number of furan rings is 1. The van der Waals surface area contributed by atoms with Crippen LogP contribution in [0.15, 0.2) is 186 Å². The highest BCUT2D eigenvalue weighted by atomic mass is 32.1.